The van der Waals surface area contributed by atoms with Crippen LogP contribution in [-0.2, 0) is 20.6 Å². The lowest BCUT2D eigenvalue weighted by molar-refractivity contribution is 0.624. The molecule has 2 heterocycles. The maximum atomic E-state index is 12.1. The van der Waals surface area contributed by atoms with Crippen molar-refractivity contribution in [2.75, 3.05) is 5.33 Å². The number of hydrogen-bond acceptors (Lipinski definition) is 3. The normalized spacial score (nSPS) is 13.1. The smallest absolute Gasteiger partial charge is 0.328 e. The van der Waals surface area contributed by atoms with E-state index >= 15 is 0 Å². The summed E-state index contributed by atoms with van der Waals surface area (Å²) in [5.41, 5.74) is 0.190. The van der Waals surface area contributed by atoms with Crippen LogP contribution in [0.5, 0.6) is 0 Å². The molecule has 0 amide bonds. The first-order chi connectivity index (χ1) is 8.47. The van der Waals surface area contributed by atoms with Crippen molar-refractivity contribution < 1.29 is 0 Å². The van der Waals surface area contributed by atoms with E-state index in [0.717, 1.165) is 4.57 Å². The molecule has 0 radical (unpaired) electrons. The highest BCUT2D eigenvalue weighted by Crippen LogP contribution is 2.10. The minimum absolute atomic E-state index is 0.0953. The Morgan fingerprint density at radius 3 is 2.67 bits per heavy atom. The molecule has 0 saturated carbocycles. The van der Waals surface area contributed by atoms with E-state index in [1.165, 1.54) is 11.6 Å². The zero-order valence-corrected chi connectivity index (χ0v) is 13.1. The Kier molecular flexibility index (Phi) is 3.76. The molecule has 98 valence electrons. The highest BCUT2D eigenvalue weighted by Gasteiger charge is 2.16. The zero-order chi connectivity index (χ0) is 13.4. The van der Waals surface area contributed by atoms with E-state index in [9.17, 15) is 9.59 Å². The maximum absolute atomic E-state index is 12.1. The topological polar surface area (TPSA) is 61.8 Å². The minimum atomic E-state index is -0.350. The van der Waals surface area contributed by atoms with Crippen molar-refractivity contribution in [3.05, 3.63) is 27.2 Å². The highest BCUT2D eigenvalue weighted by molar-refractivity contribution is 9.12. The lowest BCUT2D eigenvalue weighted by atomic mass is 10.4. The van der Waals surface area contributed by atoms with E-state index < -0.39 is 0 Å². The summed E-state index contributed by atoms with van der Waals surface area (Å²) in [5, 5.41) is 0.705. The third-order valence-electron chi connectivity index (χ3n) is 2.75. The van der Waals surface area contributed by atoms with Gasteiger partial charge in [-0.05, 0) is 0 Å². The van der Waals surface area contributed by atoms with Gasteiger partial charge in [0.1, 0.15) is 0 Å². The monoisotopic (exact) mass is 378 g/mol. The minimum Gasteiger partial charge on any atom is -0.328 e. The first-order valence-electron chi connectivity index (χ1n) is 5.28. The van der Waals surface area contributed by atoms with Gasteiger partial charge in [0.05, 0.1) is 6.33 Å². The number of rotatable bonds is 3. The van der Waals surface area contributed by atoms with Gasteiger partial charge in [-0.1, -0.05) is 31.9 Å². The molecule has 1 atom stereocenters. The molecule has 0 saturated heterocycles. The van der Waals surface area contributed by atoms with Crippen LogP contribution in [0.3, 0.4) is 0 Å². The summed E-state index contributed by atoms with van der Waals surface area (Å²) in [4.78, 5) is 28.4. The van der Waals surface area contributed by atoms with Crippen LogP contribution in [0.25, 0.3) is 11.2 Å². The molecule has 0 aliphatic heterocycles. The summed E-state index contributed by atoms with van der Waals surface area (Å²) in [6.45, 7) is 0.450. The van der Waals surface area contributed by atoms with E-state index in [1.54, 1.807) is 17.9 Å². The predicted molar refractivity (Wildman–Crippen MR) is 76.7 cm³/mol. The molecule has 1 unspecified atom stereocenters. The van der Waals surface area contributed by atoms with Crippen molar-refractivity contribution in [1.82, 2.24) is 18.7 Å². The number of imidazole rings is 1. The van der Waals surface area contributed by atoms with E-state index in [1.807, 2.05) is 0 Å². The largest absolute Gasteiger partial charge is 0.332 e. The molecule has 18 heavy (non-hydrogen) atoms. The van der Waals surface area contributed by atoms with Gasteiger partial charge in [0.25, 0.3) is 5.56 Å². The number of nitrogens with zero attached hydrogens (tertiary/aromatic N) is 4. The summed E-state index contributed by atoms with van der Waals surface area (Å²) in [6, 6.07) is 0. The van der Waals surface area contributed by atoms with Gasteiger partial charge in [0.2, 0.25) is 0 Å². The first-order valence-corrected chi connectivity index (χ1v) is 7.32. The average molecular weight is 380 g/mol. The Labute approximate surface area is 119 Å². The fourth-order valence-electron chi connectivity index (χ4n) is 1.79. The third-order valence-corrected chi connectivity index (χ3v) is 5.01. The molecule has 2 aromatic rings. The summed E-state index contributed by atoms with van der Waals surface area (Å²) in [7, 11) is 3.21. The van der Waals surface area contributed by atoms with Crippen molar-refractivity contribution in [1.29, 1.82) is 0 Å². The Morgan fingerprint density at radius 1 is 1.39 bits per heavy atom. The van der Waals surface area contributed by atoms with E-state index in [-0.39, 0.29) is 16.1 Å². The molecule has 2 rings (SSSR count). The predicted octanol–water partition coefficient (Wildman–Crippen LogP) is 0.592. The molecular weight excluding hydrogens is 368 g/mol. The van der Waals surface area contributed by atoms with Crippen LogP contribution < -0.4 is 11.2 Å². The molecule has 0 aliphatic rings. The lowest BCUT2D eigenvalue weighted by Gasteiger charge is -2.11. The van der Waals surface area contributed by atoms with Gasteiger partial charge >= 0.3 is 5.69 Å². The van der Waals surface area contributed by atoms with Crippen molar-refractivity contribution in [2.24, 2.45) is 14.1 Å². The number of fused-ring (bicyclic) bond motifs is 1. The summed E-state index contributed by atoms with van der Waals surface area (Å²) < 4.78 is 4.25. The first kappa shape index (κ1) is 13.5. The van der Waals surface area contributed by atoms with Gasteiger partial charge in [0, 0.05) is 30.8 Å². The molecule has 0 bridgehead atoms. The molecule has 0 aliphatic carbocycles. The lowest BCUT2D eigenvalue weighted by Crippen LogP contribution is -2.40. The zero-order valence-electron chi connectivity index (χ0n) is 9.93. The Bertz CT molecular complexity index is 700. The maximum Gasteiger partial charge on any atom is 0.332 e. The van der Waals surface area contributed by atoms with Crippen molar-refractivity contribution in [2.45, 2.75) is 11.4 Å². The highest BCUT2D eigenvalue weighted by atomic mass is 79.9. The van der Waals surface area contributed by atoms with Gasteiger partial charge < -0.3 is 4.57 Å². The quantitative estimate of drug-likeness (QED) is 0.733. The molecule has 2 aromatic heterocycles. The Morgan fingerprint density at radius 2 is 2.06 bits per heavy atom. The van der Waals surface area contributed by atoms with E-state index in [4.69, 9.17) is 0 Å². The van der Waals surface area contributed by atoms with Crippen LogP contribution in [0.2, 0.25) is 0 Å². The number of aromatic nitrogens is 4. The van der Waals surface area contributed by atoms with Crippen molar-refractivity contribution in [3.63, 3.8) is 0 Å². The second kappa shape index (κ2) is 5.00. The molecule has 0 spiro atoms. The standard InChI is InChI=1S/C10H12Br2N4O2/c1-14-5-13-8-7(14)9(17)15(2)10(18)16(8)4-6(12)3-11/h5-6H,3-4H2,1-2H3. The van der Waals surface area contributed by atoms with Crippen LogP contribution in [0.1, 0.15) is 0 Å². The fraction of sp³-hybridized carbons (Fsp3) is 0.500. The number of hydrogen-bond donors (Lipinski definition) is 0. The van der Waals surface area contributed by atoms with Gasteiger partial charge in [-0.25, -0.2) is 9.78 Å². The van der Waals surface area contributed by atoms with Crippen LogP contribution >= 0.6 is 31.9 Å². The van der Waals surface area contributed by atoms with Crippen molar-refractivity contribution >= 4 is 43.0 Å². The second-order valence-corrected chi connectivity index (χ2v) is 5.98. The van der Waals surface area contributed by atoms with Crippen LogP contribution in [0.15, 0.2) is 15.9 Å². The fourth-order valence-corrected chi connectivity index (χ4v) is 2.29. The molecule has 6 nitrogen and oxygen atoms in total. The average Bonchev–Trinajstić information content (AvgIpc) is 2.73. The van der Waals surface area contributed by atoms with Crippen LogP contribution in [-0.4, -0.2) is 28.8 Å². The third kappa shape index (κ3) is 2.07. The summed E-state index contributed by atoms with van der Waals surface area (Å²) >= 11 is 6.80. The molecule has 0 aromatic carbocycles. The van der Waals surface area contributed by atoms with Gasteiger partial charge in [-0.3, -0.25) is 13.9 Å². The van der Waals surface area contributed by atoms with E-state index in [0.29, 0.717) is 23.0 Å². The number of halogens is 2. The van der Waals surface area contributed by atoms with Gasteiger partial charge in [-0.15, -0.1) is 0 Å². The summed E-state index contributed by atoms with van der Waals surface area (Å²) in [5.74, 6) is 0. The number of alkyl halides is 2. The van der Waals surface area contributed by atoms with Crippen LogP contribution in [0, 0.1) is 0 Å². The molecule has 0 fully saturated rings. The Hall–Kier alpha value is -0.890. The molecular formula is C10H12Br2N4O2. The van der Waals surface area contributed by atoms with Gasteiger partial charge in [0.15, 0.2) is 11.2 Å². The number of aryl methyl sites for hydroxylation is 1. The van der Waals surface area contributed by atoms with Crippen LogP contribution in [0.4, 0.5) is 0 Å². The Balaban J connectivity index is 2.80. The summed E-state index contributed by atoms with van der Waals surface area (Å²) in [6.07, 6.45) is 1.54. The van der Waals surface area contributed by atoms with Gasteiger partial charge in [-0.2, -0.15) is 0 Å². The van der Waals surface area contributed by atoms with E-state index in [2.05, 4.69) is 36.8 Å². The second-order valence-electron chi connectivity index (χ2n) is 4.04. The van der Waals surface area contributed by atoms with Crippen molar-refractivity contribution in [3.8, 4) is 0 Å². The molecule has 0 N–H and O–H groups in total. The SMILES string of the molecule is Cn1c(=O)c2c(ncn2C)n(CC(Br)CBr)c1=O. The molecule has 8 heteroatoms.